The van der Waals surface area contributed by atoms with Crippen molar-refractivity contribution in [1.82, 2.24) is 20.2 Å². The topological polar surface area (TPSA) is 84.8 Å². The van der Waals surface area contributed by atoms with E-state index in [1.807, 2.05) is 43.3 Å². The predicted molar refractivity (Wildman–Crippen MR) is 150 cm³/mol. The average molecular weight is 541 g/mol. The number of hydrogen-bond acceptors (Lipinski definition) is 7. The second kappa shape index (κ2) is 9.29. The number of phenols is 1. The summed E-state index contributed by atoms with van der Waals surface area (Å²) in [6.07, 6.45) is 1.13. The molecular weight excluding hydrogens is 512 g/mol. The molecule has 1 radical (unpaired) electrons. The normalized spacial score (nSPS) is 18.1. The van der Waals surface area contributed by atoms with E-state index in [4.69, 9.17) is 21.6 Å². The number of nitrogens with one attached hydrogen (secondary N) is 1. The lowest BCUT2D eigenvalue weighted by Crippen LogP contribution is -2.58. The maximum Gasteiger partial charge on any atom is 0.226 e. The van der Waals surface area contributed by atoms with Crippen LogP contribution in [0.4, 0.5) is 10.3 Å². The Morgan fingerprint density at radius 3 is 2.54 bits per heavy atom. The highest BCUT2D eigenvalue weighted by Gasteiger charge is 2.37. The summed E-state index contributed by atoms with van der Waals surface area (Å²) in [4.78, 5) is 25.5. The Morgan fingerprint density at radius 1 is 1.08 bits per heavy atom. The number of halogens is 2. The Kier molecular flexibility index (Phi) is 6.21. The highest BCUT2D eigenvalue weighted by atomic mass is 35.5. The molecule has 2 saturated heterocycles. The minimum absolute atomic E-state index is 0.0265. The molecular formula is C27H29ClFN5O2P. The van der Waals surface area contributed by atoms with Crippen LogP contribution in [0.5, 0.6) is 5.75 Å². The zero-order valence-electron chi connectivity index (χ0n) is 20.7. The first-order valence-electron chi connectivity index (χ1n) is 12.4. The summed E-state index contributed by atoms with van der Waals surface area (Å²) < 4.78 is 16.6. The summed E-state index contributed by atoms with van der Waals surface area (Å²) in [7, 11) is 1.43. The first-order valence-corrected chi connectivity index (χ1v) is 14.9. The van der Waals surface area contributed by atoms with E-state index < -0.39 is 13.3 Å². The van der Waals surface area contributed by atoms with Gasteiger partial charge in [0.1, 0.15) is 11.3 Å². The second-order valence-electron chi connectivity index (χ2n) is 10.1. The van der Waals surface area contributed by atoms with Crippen molar-refractivity contribution in [2.75, 3.05) is 57.5 Å². The van der Waals surface area contributed by atoms with E-state index >= 15 is 4.39 Å². The van der Waals surface area contributed by atoms with Gasteiger partial charge in [-0.2, -0.15) is 0 Å². The quantitative estimate of drug-likeness (QED) is 0.339. The van der Waals surface area contributed by atoms with Crippen LogP contribution in [0.25, 0.3) is 32.8 Å². The summed E-state index contributed by atoms with van der Waals surface area (Å²) in [6, 6.07) is 12.7. The first kappa shape index (κ1) is 24.7. The molecule has 0 unspecified atom stereocenters. The molecule has 3 aromatic carbocycles. The molecule has 4 aromatic rings. The fourth-order valence-electron chi connectivity index (χ4n) is 5.30. The van der Waals surface area contributed by atoms with Gasteiger partial charge in [-0.05, 0) is 48.6 Å². The molecule has 10 heteroatoms. The molecule has 3 N–H and O–H groups in total. The van der Waals surface area contributed by atoms with Crippen LogP contribution in [0.1, 0.15) is 0 Å². The van der Waals surface area contributed by atoms with E-state index in [1.165, 1.54) is 6.07 Å². The van der Waals surface area contributed by atoms with Crippen LogP contribution in [0.3, 0.4) is 0 Å². The zero-order chi connectivity index (χ0) is 25.9. The Balaban J connectivity index is 1.60. The molecule has 2 aliphatic heterocycles. The molecule has 2 fully saturated rings. The van der Waals surface area contributed by atoms with Crippen molar-refractivity contribution in [3.8, 4) is 16.9 Å². The number of nitrogens with zero attached hydrogens (tertiary/aromatic N) is 4. The van der Waals surface area contributed by atoms with Gasteiger partial charge in [0.05, 0.1) is 10.5 Å². The third-order valence-corrected chi connectivity index (χ3v) is 10.9. The molecule has 0 saturated carbocycles. The minimum Gasteiger partial charge on any atom is -0.508 e. The highest BCUT2D eigenvalue weighted by molar-refractivity contribution is 7.78. The maximum absolute atomic E-state index is 16.6. The lowest BCUT2D eigenvalue weighted by Gasteiger charge is -2.43. The van der Waals surface area contributed by atoms with Gasteiger partial charge in [0, 0.05) is 63.0 Å². The van der Waals surface area contributed by atoms with Gasteiger partial charge in [-0.25, -0.2) is 14.4 Å². The zero-order valence-corrected chi connectivity index (χ0v) is 22.4. The van der Waals surface area contributed by atoms with Crippen LogP contribution in [0.15, 0.2) is 42.5 Å². The first-order chi connectivity index (χ1) is 17.7. The molecule has 0 atom stereocenters. The van der Waals surface area contributed by atoms with Crippen LogP contribution in [-0.4, -0.2) is 83.5 Å². The maximum atomic E-state index is 16.6. The summed E-state index contributed by atoms with van der Waals surface area (Å²) in [5.41, 5.74) is 1.35. The number of aromatic hydroxyl groups is 1. The lowest BCUT2D eigenvalue weighted by atomic mass is 9.96. The molecule has 0 bridgehead atoms. The third-order valence-electron chi connectivity index (χ3n) is 7.55. The van der Waals surface area contributed by atoms with Crippen LogP contribution in [-0.2, 0) is 0 Å². The molecule has 7 nitrogen and oxygen atoms in total. The SMILES string of the molecule is CN(C)C1CN(c2nc([P]3(O)CCNCC3)c3cc(Cl)c(-c4cc(O)cc5ccccc45)c(F)c3n2)C1. The van der Waals surface area contributed by atoms with Crippen LogP contribution >= 0.6 is 19.1 Å². The summed E-state index contributed by atoms with van der Waals surface area (Å²) in [5.74, 6) is -0.117. The third kappa shape index (κ3) is 4.21. The smallest absolute Gasteiger partial charge is 0.226 e. The molecule has 193 valence electrons. The fraction of sp³-hybridized carbons (Fsp3) is 0.333. The van der Waals surface area contributed by atoms with Gasteiger partial charge in [0.15, 0.2) is 5.82 Å². The van der Waals surface area contributed by atoms with Gasteiger partial charge in [-0.15, -0.1) is 0 Å². The molecule has 2 aliphatic rings. The number of aromatic nitrogens is 2. The van der Waals surface area contributed by atoms with Crippen molar-refractivity contribution in [2.45, 2.75) is 6.04 Å². The van der Waals surface area contributed by atoms with E-state index in [-0.39, 0.29) is 21.9 Å². The number of rotatable bonds is 4. The van der Waals surface area contributed by atoms with Gasteiger partial charge in [0.2, 0.25) is 5.95 Å². The summed E-state index contributed by atoms with van der Waals surface area (Å²) in [6.45, 7) is 2.83. The van der Waals surface area contributed by atoms with Gasteiger partial charge >= 0.3 is 0 Å². The summed E-state index contributed by atoms with van der Waals surface area (Å²) in [5, 5.41) is 15.9. The molecule has 37 heavy (non-hydrogen) atoms. The lowest BCUT2D eigenvalue weighted by molar-refractivity contribution is 0.245. The van der Waals surface area contributed by atoms with E-state index in [0.29, 0.717) is 53.8 Å². The summed E-state index contributed by atoms with van der Waals surface area (Å²) >= 11 is 6.77. The van der Waals surface area contributed by atoms with Gasteiger partial charge < -0.3 is 25.1 Å². The minimum atomic E-state index is -2.64. The molecule has 1 aromatic heterocycles. The highest BCUT2D eigenvalue weighted by Crippen LogP contribution is 2.55. The molecule has 0 spiro atoms. The fourth-order valence-corrected chi connectivity index (χ4v) is 8.19. The van der Waals surface area contributed by atoms with Crippen LogP contribution < -0.4 is 15.7 Å². The van der Waals surface area contributed by atoms with Crippen molar-refractivity contribution in [3.63, 3.8) is 0 Å². The second-order valence-corrected chi connectivity index (χ2v) is 13.7. The Labute approximate surface area is 220 Å². The standard InChI is InChI=1S/C27H29ClFN5O2P/c1-33(2)17-14-34(15-17)27-31-25-21(26(32-27)37(36)9-7-30-8-10-37)13-22(28)23(24(25)29)20-12-18(35)11-16-5-3-4-6-19(16)20/h3-6,11-13,17,30,35-36H,7-10,14-15H2,1-2H3. The van der Waals surface area contributed by atoms with Crippen molar-refractivity contribution in [2.24, 2.45) is 0 Å². The van der Waals surface area contributed by atoms with Gasteiger partial charge in [-0.1, -0.05) is 35.9 Å². The monoisotopic (exact) mass is 540 g/mol. The number of anilines is 1. The Hall–Kier alpha value is -2.61. The van der Waals surface area contributed by atoms with E-state index in [0.717, 1.165) is 23.9 Å². The van der Waals surface area contributed by atoms with Crippen molar-refractivity contribution < 1.29 is 14.4 Å². The molecule has 3 heterocycles. The number of likely N-dealkylation sites (N-methyl/N-ethyl adjacent to an activating group) is 1. The Morgan fingerprint density at radius 2 is 1.81 bits per heavy atom. The van der Waals surface area contributed by atoms with Crippen molar-refractivity contribution >= 4 is 52.1 Å². The van der Waals surface area contributed by atoms with E-state index in [1.54, 1.807) is 12.1 Å². The predicted octanol–water partition coefficient (Wildman–Crippen LogP) is 3.85. The van der Waals surface area contributed by atoms with E-state index in [2.05, 4.69) is 10.2 Å². The molecule has 0 aliphatic carbocycles. The van der Waals surface area contributed by atoms with Crippen LogP contribution in [0, 0.1) is 5.82 Å². The largest absolute Gasteiger partial charge is 0.508 e. The van der Waals surface area contributed by atoms with Crippen molar-refractivity contribution in [3.05, 3.63) is 53.3 Å². The molecule has 0 amide bonds. The number of benzene rings is 3. The molecule has 6 rings (SSSR count). The van der Waals surface area contributed by atoms with E-state index in [9.17, 15) is 10.00 Å². The van der Waals surface area contributed by atoms with Gasteiger partial charge in [0.25, 0.3) is 0 Å². The van der Waals surface area contributed by atoms with Crippen molar-refractivity contribution in [1.29, 1.82) is 0 Å². The number of fused-ring (bicyclic) bond motifs is 2. The number of phenolic OH excluding ortho intramolecular Hbond substituents is 1. The Bertz CT molecular complexity index is 1520. The average Bonchev–Trinajstić information content (AvgIpc) is 2.83. The van der Waals surface area contributed by atoms with Gasteiger partial charge in [-0.3, -0.25) is 0 Å². The van der Waals surface area contributed by atoms with Crippen LogP contribution in [0.2, 0.25) is 5.02 Å². The number of hydrogen-bond donors (Lipinski definition) is 3.